The predicted molar refractivity (Wildman–Crippen MR) is 78.5 cm³/mol. The molecule has 0 amide bonds. The van der Waals surface area contributed by atoms with E-state index >= 15 is 0 Å². The lowest BCUT2D eigenvalue weighted by atomic mass is 10.0. The van der Waals surface area contributed by atoms with Gasteiger partial charge in [0.05, 0.1) is 6.61 Å². The van der Waals surface area contributed by atoms with Gasteiger partial charge in [0.1, 0.15) is 25.2 Å². The van der Waals surface area contributed by atoms with Crippen molar-refractivity contribution in [1.82, 2.24) is 4.90 Å². The second-order valence-corrected chi connectivity index (χ2v) is 5.67. The quantitative estimate of drug-likeness (QED) is 0.822. The minimum Gasteiger partial charge on any atom is -0.392 e. The van der Waals surface area contributed by atoms with E-state index in [1.54, 1.807) is 0 Å². The van der Waals surface area contributed by atoms with Crippen molar-refractivity contribution >= 4 is 6.34 Å². The summed E-state index contributed by atoms with van der Waals surface area (Å²) in [7, 11) is 0. The summed E-state index contributed by atoms with van der Waals surface area (Å²) in [4.78, 5) is 2.28. The first kappa shape index (κ1) is 14.1. The summed E-state index contributed by atoms with van der Waals surface area (Å²) in [5.41, 5.74) is 1.34. The molecule has 3 heteroatoms. The Bertz CT molecular complexity index is 428. The predicted octanol–water partition coefficient (Wildman–Crippen LogP) is 2.12. The van der Waals surface area contributed by atoms with Crippen molar-refractivity contribution in [3.8, 4) is 0 Å². The summed E-state index contributed by atoms with van der Waals surface area (Å²) in [6, 6.07) is 11.2. The molecular weight excluding hydrogens is 236 g/mol. The second kappa shape index (κ2) is 6.20. The van der Waals surface area contributed by atoms with Gasteiger partial charge >= 0.3 is 0 Å². The van der Waals surface area contributed by atoms with Crippen molar-refractivity contribution < 1.29 is 9.68 Å². The maximum absolute atomic E-state index is 9.52. The van der Waals surface area contributed by atoms with Gasteiger partial charge in [-0.05, 0) is 18.4 Å². The number of nitrogens with zero attached hydrogens (tertiary/aromatic N) is 2. The summed E-state index contributed by atoms with van der Waals surface area (Å²) < 4.78 is 2.36. The summed E-state index contributed by atoms with van der Waals surface area (Å²) in [6.07, 6.45) is 2.19. The molecule has 1 heterocycles. The monoisotopic (exact) mass is 261 g/mol. The number of rotatable bonds is 5. The highest BCUT2D eigenvalue weighted by molar-refractivity contribution is 5.51. The van der Waals surface area contributed by atoms with E-state index in [0.29, 0.717) is 12.0 Å². The zero-order chi connectivity index (χ0) is 13.8. The lowest BCUT2D eigenvalue weighted by Crippen LogP contribution is -2.39. The maximum atomic E-state index is 9.52. The highest BCUT2D eigenvalue weighted by atomic mass is 16.3. The molecule has 0 fully saturated rings. The molecular formula is C16H25N2O+. The molecule has 0 radical (unpaired) electrons. The molecule has 0 unspecified atom stereocenters. The van der Waals surface area contributed by atoms with Crippen LogP contribution in [0.2, 0.25) is 0 Å². The van der Waals surface area contributed by atoms with E-state index in [4.69, 9.17) is 0 Å². The Morgan fingerprint density at radius 2 is 1.89 bits per heavy atom. The number of benzene rings is 1. The van der Waals surface area contributed by atoms with Crippen molar-refractivity contribution in [2.45, 2.75) is 32.9 Å². The molecule has 0 saturated carbocycles. The fourth-order valence-corrected chi connectivity index (χ4v) is 2.70. The summed E-state index contributed by atoms with van der Waals surface area (Å²) in [5, 5.41) is 9.52. The van der Waals surface area contributed by atoms with Gasteiger partial charge in [0.25, 0.3) is 0 Å². The van der Waals surface area contributed by atoms with Gasteiger partial charge in [0, 0.05) is 0 Å². The fraction of sp³-hybridized carbons (Fsp3) is 0.562. The van der Waals surface area contributed by atoms with Crippen LogP contribution in [-0.2, 0) is 0 Å². The first-order valence-corrected chi connectivity index (χ1v) is 7.15. The average molecular weight is 261 g/mol. The van der Waals surface area contributed by atoms with Crippen LogP contribution in [0.3, 0.4) is 0 Å². The van der Waals surface area contributed by atoms with Crippen LogP contribution in [0.15, 0.2) is 30.3 Å². The molecule has 0 aromatic heterocycles. The van der Waals surface area contributed by atoms with Gasteiger partial charge in [0.15, 0.2) is 0 Å². The molecule has 0 spiro atoms. The van der Waals surface area contributed by atoms with Gasteiger partial charge in [-0.3, -0.25) is 9.48 Å². The SMILES string of the molecule is CC(C)[C@@H](CO)N1C=[N+]([C@@H](C)c2ccccc2)CC1. The van der Waals surface area contributed by atoms with Crippen LogP contribution in [0.1, 0.15) is 32.4 Å². The third kappa shape index (κ3) is 3.16. The molecule has 1 N–H and O–H groups in total. The zero-order valence-electron chi connectivity index (χ0n) is 12.2. The molecule has 19 heavy (non-hydrogen) atoms. The number of hydrogen-bond acceptors (Lipinski definition) is 2. The largest absolute Gasteiger partial charge is 0.392 e. The van der Waals surface area contributed by atoms with Crippen LogP contribution < -0.4 is 0 Å². The molecule has 0 bridgehead atoms. The first-order chi connectivity index (χ1) is 9.13. The van der Waals surface area contributed by atoms with Crippen molar-refractivity contribution in [3.05, 3.63) is 35.9 Å². The highest BCUT2D eigenvalue weighted by Gasteiger charge is 2.31. The van der Waals surface area contributed by atoms with Crippen LogP contribution in [0, 0.1) is 5.92 Å². The number of hydrogen-bond donors (Lipinski definition) is 1. The Morgan fingerprint density at radius 1 is 1.21 bits per heavy atom. The second-order valence-electron chi connectivity index (χ2n) is 5.67. The van der Waals surface area contributed by atoms with Crippen molar-refractivity contribution in [3.63, 3.8) is 0 Å². The van der Waals surface area contributed by atoms with E-state index in [1.807, 2.05) is 0 Å². The van der Waals surface area contributed by atoms with Crippen LogP contribution in [0.25, 0.3) is 0 Å². The normalized spacial score (nSPS) is 18.6. The molecule has 3 nitrogen and oxygen atoms in total. The highest BCUT2D eigenvalue weighted by Crippen LogP contribution is 2.19. The molecule has 2 atom stereocenters. The van der Waals surface area contributed by atoms with Crippen LogP contribution >= 0.6 is 0 Å². The molecule has 0 aliphatic carbocycles. The van der Waals surface area contributed by atoms with Gasteiger partial charge in [-0.1, -0.05) is 44.2 Å². The molecule has 1 aromatic rings. The molecule has 1 aliphatic rings. The molecule has 1 aliphatic heterocycles. The minimum absolute atomic E-state index is 0.224. The Balaban J connectivity index is 2.10. The van der Waals surface area contributed by atoms with Crippen LogP contribution in [0.5, 0.6) is 0 Å². The Labute approximate surface area is 116 Å². The summed E-state index contributed by atoms with van der Waals surface area (Å²) in [5.74, 6) is 0.466. The van der Waals surface area contributed by atoms with Crippen LogP contribution in [-0.4, -0.2) is 46.7 Å². The van der Waals surface area contributed by atoms with Crippen molar-refractivity contribution in [1.29, 1.82) is 0 Å². The van der Waals surface area contributed by atoms with Crippen LogP contribution in [0.4, 0.5) is 0 Å². The summed E-state index contributed by atoms with van der Waals surface area (Å²) in [6.45, 7) is 8.82. The smallest absolute Gasteiger partial charge is 0.235 e. The number of aliphatic hydroxyl groups excluding tert-OH is 1. The van der Waals surface area contributed by atoms with Gasteiger partial charge in [0.2, 0.25) is 6.34 Å². The Hall–Kier alpha value is -1.35. The topological polar surface area (TPSA) is 26.5 Å². The third-order valence-electron chi connectivity index (χ3n) is 4.08. The van der Waals surface area contributed by atoms with E-state index < -0.39 is 0 Å². The number of aliphatic hydroxyl groups is 1. The zero-order valence-corrected chi connectivity index (χ0v) is 12.2. The fourth-order valence-electron chi connectivity index (χ4n) is 2.70. The summed E-state index contributed by atoms with van der Waals surface area (Å²) >= 11 is 0. The standard InChI is InChI=1S/C16H25N2O/c1-13(2)16(11-19)18-10-9-17(12-18)14(3)15-7-5-4-6-8-15/h4-8,12-14,16,19H,9-11H2,1-3H3/q+1/t14-,16+/m0/s1. The average Bonchev–Trinajstić information content (AvgIpc) is 2.89. The molecule has 0 saturated heterocycles. The van der Waals surface area contributed by atoms with Crippen molar-refractivity contribution in [2.24, 2.45) is 5.92 Å². The van der Waals surface area contributed by atoms with Gasteiger partial charge in [-0.2, -0.15) is 0 Å². The third-order valence-corrected chi connectivity index (χ3v) is 4.08. The van der Waals surface area contributed by atoms with Gasteiger partial charge < -0.3 is 5.11 Å². The Kier molecular flexibility index (Phi) is 4.59. The van der Waals surface area contributed by atoms with Gasteiger partial charge in [-0.15, -0.1) is 0 Å². The molecule has 104 valence electrons. The first-order valence-electron chi connectivity index (χ1n) is 7.15. The van der Waals surface area contributed by atoms with E-state index in [2.05, 4.69) is 66.9 Å². The van der Waals surface area contributed by atoms with Crippen molar-refractivity contribution in [2.75, 3.05) is 19.7 Å². The lowest BCUT2D eigenvalue weighted by Gasteiger charge is -2.21. The van der Waals surface area contributed by atoms with E-state index in [1.165, 1.54) is 5.56 Å². The van der Waals surface area contributed by atoms with E-state index in [9.17, 15) is 5.11 Å². The Morgan fingerprint density at radius 3 is 2.47 bits per heavy atom. The van der Waals surface area contributed by atoms with E-state index in [-0.39, 0.29) is 12.6 Å². The van der Waals surface area contributed by atoms with Gasteiger partial charge in [-0.25, -0.2) is 0 Å². The molecule has 1 aromatic carbocycles. The lowest BCUT2D eigenvalue weighted by molar-refractivity contribution is -0.555. The minimum atomic E-state index is 0.224. The maximum Gasteiger partial charge on any atom is 0.235 e. The molecule has 2 rings (SSSR count). The van der Waals surface area contributed by atoms with E-state index in [0.717, 1.165) is 13.1 Å².